The van der Waals surface area contributed by atoms with E-state index >= 15 is 0 Å². The van der Waals surface area contributed by atoms with Crippen LogP contribution in [0, 0.1) is 6.92 Å². The average Bonchev–Trinajstić information content (AvgIpc) is 2.52. The Morgan fingerprint density at radius 1 is 1.43 bits per heavy atom. The molecular formula is C16H18ClNO5. The van der Waals surface area contributed by atoms with Crippen LogP contribution in [-0.2, 0) is 11.2 Å². The highest BCUT2D eigenvalue weighted by Crippen LogP contribution is 2.31. The van der Waals surface area contributed by atoms with Crippen molar-refractivity contribution in [2.45, 2.75) is 19.8 Å². The first-order valence-corrected chi connectivity index (χ1v) is 7.53. The minimum atomic E-state index is -0.559. The second-order valence-electron chi connectivity index (χ2n) is 5.08. The number of ether oxygens (including phenoxy) is 1. The summed E-state index contributed by atoms with van der Waals surface area (Å²) in [5, 5.41) is 12.4. The van der Waals surface area contributed by atoms with Crippen LogP contribution in [0.2, 0.25) is 5.02 Å². The molecule has 0 saturated carbocycles. The highest BCUT2D eigenvalue weighted by atomic mass is 35.5. The quantitative estimate of drug-likeness (QED) is 0.619. The molecule has 0 radical (unpaired) electrons. The van der Waals surface area contributed by atoms with E-state index < -0.39 is 5.63 Å². The van der Waals surface area contributed by atoms with Gasteiger partial charge in [0.25, 0.3) is 0 Å². The summed E-state index contributed by atoms with van der Waals surface area (Å²) in [6.45, 7) is 2.10. The van der Waals surface area contributed by atoms with E-state index in [4.69, 9.17) is 25.9 Å². The molecule has 2 N–H and O–H groups in total. The lowest BCUT2D eigenvalue weighted by molar-refractivity contribution is -0.120. The summed E-state index contributed by atoms with van der Waals surface area (Å²) in [4.78, 5) is 24.0. The minimum absolute atomic E-state index is 0.00223. The predicted octanol–water partition coefficient (Wildman–Crippen LogP) is 1.80. The summed E-state index contributed by atoms with van der Waals surface area (Å²) in [6, 6.07) is 3.21. The van der Waals surface area contributed by atoms with Gasteiger partial charge in [-0.25, -0.2) is 4.79 Å². The van der Waals surface area contributed by atoms with E-state index in [0.29, 0.717) is 45.8 Å². The standard InChI is InChI=1S/C16H18ClNO5/c1-9-10-6-12(17)14(22-2)8-13(10)23-16(21)11(9)7-15(20)18-4-3-5-19/h6,8,19H,3-5,7H2,1-2H3,(H,18,20). The maximum atomic E-state index is 12.1. The van der Waals surface area contributed by atoms with E-state index in [1.807, 2.05) is 0 Å². The normalized spacial score (nSPS) is 10.8. The number of rotatable bonds is 6. The van der Waals surface area contributed by atoms with Crippen LogP contribution in [0.4, 0.5) is 0 Å². The second kappa shape index (κ2) is 7.48. The molecule has 1 aromatic carbocycles. The lowest BCUT2D eigenvalue weighted by atomic mass is 10.0. The van der Waals surface area contributed by atoms with Crippen LogP contribution in [-0.4, -0.2) is 31.3 Å². The number of aliphatic hydroxyl groups is 1. The Morgan fingerprint density at radius 2 is 2.17 bits per heavy atom. The number of benzene rings is 1. The maximum absolute atomic E-state index is 12.1. The van der Waals surface area contributed by atoms with E-state index in [1.165, 1.54) is 7.11 Å². The smallest absolute Gasteiger partial charge is 0.340 e. The Hall–Kier alpha value is -2.05. The van der Waals surface area contributed by atoms with Gasteiger partial charge in [0.1, 0.15) is 11.3 Å². The molecule has 0 saturated heterocycles. The van der Waals surface area contributed by atoms with E-state index in [2.05, 4.69) is 5.32 Å². The fourth-order valence-electron chi connectivity index (χ4n) is 2.28. The van der Waals surface area contributed by atoms with Crippen LogP contribution in [0.15, 0.2) is 21.3 Å². The van der Waals surface area contributed by atoms with Crippen LogP contribution >= 0.6 is 11.6 Å². The number of aliphatic hydroxyl groups excluding tert-OH is 1. The molecule has 23 heavy (non-hydrogen) atoms. The average molecular weight is 340 g/mol. The molecule has 0 aliphatic rings. The summed E-state index contributed by atoms with van der Waals surface area (Å²) in [6.07, 6.45) is 0.381. The van der Waals surface area contributed by atoms with Crippen molar-refractivity contribution in [1.29, 1.82) is 0 Å². The maximum Gasteiger partial charge on any atom is 0.340 e. The fourth-order valence-corrected chi connectivity index (χ4v) is 2.52. The number of hydrogen-bond acceptors (Lipinski definition) is 5. The zero-order valence-electron chi connectivity index (χ0n) is 12.9. The molecule has 0 unspecified atom stereocenters. The van der Waals surface area contributed by atoms with Gasteiger partial charge in [-0.1, -0.05) is 11.6 Å². The van der Waals surface area contributed by atoms with Gasteiger partial charge in [-0.2, -0.15) is 0 Å². The molecule has 2 rings (SSSR count). The largest absolute Gasteiger partial charge is 0.495 e. The van der Waals surface area contributed by atoms with Gasteiger partial charge < -0.3 is 19.6 Å². The summed E-state index contributed by atoms with van der Waals surface area (Å²) < 4.78 is 10.4. The molecule has 1 amide bonds. The number of nitrogens with one attached hydrogen (secondary N) is 1. The third-order valence-corrected chi connectivity index (χ3v) is 3.85. The van der Waals surface area contributed by atoms with Gasteiger partial charge in [-0.3, -0.25) is 4.79 Å². The third kappa shape index (κ3) is 3.83. The second-order valence-corrected chi connectivity index (χ2v) is 5.49. The van der Waals surface area contributed by atoms with Crippen molar-refractivity contribution in [3.05, 3.63) is 38.7 Å². The first-order chi connectivity index (χ1) is 11.0. The number of carbonyl (C=O) groups excluding carboxylic acids is 1. The zero-order valence-corrected chi connectivity index (χ0v) is 13.7. The first kappa shape index (κ1) is 17.3. The van der Waals surface area contributed by atoms with Gasteiger partial charge in [0.2, 0.25) is 5.91 Å². The highest BCUT2D eigenvalue weighted by Gasteiger charge is 2.16. The van der Waals surface area contributed by atoms with Crippen LogP contribution in [0.1, 0.15) is 17.5 Å². The molecule has 7 heteroatoms. The molecular weight excluding hydrogens is 322 g/mol. The Kier molecular flexibility index (Phi) is 5.63. The summed E-state index contributed by atoms with van der Waals surface area (Å²) in [5.41, 5.74) is 0.744. The molecule has 0 aliphatic heterocycles. The van der Waals surface area contributed by atoms with Crippen molar-refractivity contribution in [3.8, 4) is 5.75 Å². The number of halogens is 1. The van der Waals surface area contributed by atoms with Crippen LogP contribution in [0.5, 0.6) is 5.75 Å². The van der Waals surface area contributed by atoms with Crippen molar-refractivity contribution in [3.63, 3.8) is 0 Å². The van der Waals surface area contributed by atoms with Gasteiger partial charge in [-0.05, 0) is 25.0 Å². The van der Waals surface area contributed by atoms with Crippen molar-refractivity contribution in [1.82, 2.24) is 5.32 Å². The van der Waals surface area contributed by atoms with Gasteiger partial charge >= 0.3 is 5.63 Å². The van der Waals surface area contributed by atoms with Gasteiger partial charge in [0.05, 0.1) is 24.1 Å². The lowest BCUT2D eigenvalue weighted by Gasteiger charge is -2.10. The van der Waals surface area contributed by atoms with Crippen molar-refractivity contribution >= 4 is 28.5 Å². The molecule has 6 nitrogen and oxygen atoms in total. The molecule has 0 aliphatic carbocycles. The number of amides is 1. The van der Waals surface area contributed by atoms with E-state index in [-0.39, 0.29) is 18.9 Å². The topological polar surface area (TPSA) is 88.8 Å². The first-order valence-electron chi connectivity index (χ1n) is 7.15. The van der Waals surface area contributed by atoms with E-state index in [1.54, 1.807) is 19.1 Å². The lowest BCUT2D eigenvalue weighted by Crippen LogP contribution is -2.29. The van der Waals surface area contributed by atoms with E-state index in [0.717, 1.165) is 0 Å². The number of hydrogen-bond donors (Lipinski definition) is 2. The van der Waals surface area contributed by atoms with Crippen LogP contribution in [0.25, 0.3) is 11.0 Å². The van der Waals surface area contributed by atoms with Crippen molar-refractivity contribution in [2.75, 3.05) is 20.3 Å². The monoisotopic (exact) mass is 339 g/mol. The van der Waals surface area contributed by atoms with Gasteiger partial charge in [0.15, 0.2) is 0 Å². The Morgan fingerprint density at radius 3 is 2.83 bits per heavy atom. The molecule has 0 atom stereocenters. The van der Waals surface area contributed by atoms with Crippen LogP contribution in [0.3, 0.4) is 0 Å². The van der Waals surface area contributed by atoms with Gasteiger partial charge in [0, 0.05) is 24.6 Å². The number of carbonyl (C=O) groups is 1. The molecule has 2 aromatic rings. The van der Waals surface area contributed by atoms with Crippen molar-refractivity contribution < 1.29 is 19.1 Å². The Balaban J connectivity index is 2.38. The van der Waals surface area contributed by atoms with Crippen LogP contribution < -0.4 is 15.7 Å². The Bertz CT molecular complexity index is 784. The molecule has 124 valence electrons. The molecule has 1 heterocycles. The van der Waals surface area contributed by atoms with Crippen molar-refractivity contribution in [2.24, 2.45) is 0 Å². The Labute approximate surface area is 138 Å². The fraction of sp³-hybridized carbons (Fsp3) is 0.375. The third-order valence-electron chi connectivity index (χ3n) is 3.55. The number of fused-ring (bicyclic) bond motifs is 1. The molecule has 0 fully saturated rings. The minimum Gasteiger partial charge on any atom is -0.495 e. The molecule has 1 aromatic heterocycles. The van der Waals surface area contributed by atoms with E-state index in [9.17, 15) is 9.59 Å². The summed E-state index contributed by atoms with van der Waals surface area (Å²) in [7, 11) is 1.48. The highest BCUT2D eigenvalue weighted by molar-refractivity contribution is 6.32. The zero-order chi connectivity index (χ0) is 17.0. The molecule has 0 bridgehead atoms. The summed E-state index contributed by atoms with van der Waals surface area (Å²) >= 11 is 6.11. The summed E-state index contributed by atoms with van der Waals surface area (Å²) in [5.74, 6) is 0.115. The number of aryl methyl sites for hydroxylation is 1. The molecule has 0 spiro atoms. The van der Waals surface area contributed by atoms with Gasteiger partial charge in [-0.15, -0.1) is 0 Å². The SMILES string of the molecule is COc1cc2oc(=O)c(CC(=O)NCCCO)c(C)c2cc1Cl. The number of methoxy groups -OCH3 is 1. The predicted molar refractivity (Wildman–Crippen MR) is 87.2 cm³/mol.